The van der Waals surface area contributed by atoms with Crippen molar-refractivity contribution >= 4 is 0 Å². The van der Waals surface area contributed by atoms with Crippen molar-refractivity contribution in [2.75, 3.05) is 7.11 Å². The number of rotatable bonds is 2. The molecule has 1 unspecified atom stereocenters. The summed E-state index contributed by atoms with van der Waals surface area (Å²) >= 11 is 0. The fourth-order valence-corrected chi connectivity index (χ4v) is 3.02. The summed E-state index contributed by atoms with van der Waals surface area (Å²) in [5.74, 6) is -0.0444. The Morgan fingerprint density at radius 3 is 2.32 bits per heavy atom. The molecule has 0 aromatic heterocycles. The molecule has 3 nitrogen and oxygen atoms in total. The summed E-state index contributed by atoms with van der Waals surface area (Å²) in [5.41, 5.74) is -2.45. The lowest BCUT2D eigenvalue weighted by Gasteiger charge is -2.35. The van der Waals surface area contributed by atoms with Gasteiger partial charge in [0.2, 0.25) is 0 Å². The molecule has 1 N–H and O–H groups in total. The van der Waals surface area contributed by atoms with Gasteiger partial charge in [-0.05, 0) is 39.8 Å². The van der Waals surface area contributed by atoms with E-state index in [2.05, 4.69) is 0 Å². The van der Waals surface area contributed by atoms with E-state index in [1.54, 1.807) is 26.0 Å². The molecular weight excluding hydrogens is 247 g/mol. The zero-order valence-corrected chi connectivity index (χ0v) is 12.1. The molecule has 1 atom stereocenters. The minimum absolute atomic E-state index is 0.254. The quantitative estimate of drug-likeness (QED) is 0.896. The Kier molecular flexibility index (Phi) is 3.14. The number of hydrogen-bond donors (Lipinski definition) is 1. The fraction of sp³-hybridized carbons (Fsp3) is 0.600. The first kappa shape index (κ1) is 14.3. The zero-order valence-electron chi connectivity index (χ0n) is 12.1. The van der Waals surface area contributed by atoms with Crippen molar-refractivity contribution in [3.63, 3.8) is 0 Å². The topological polar surface area (TPSA) is 38.7 Å². The van der Waals surface area contributed by atoms with E-state index in [4.69, 9.17) is 9.47 Å². The van der Waals surface area contributed by atoms with Crippen LogP contribution in [0.2, 0.25) is 0 Å². The molecule has 106 valence electrons. The monoisotopic (exact) mass is 268 g/mol. The molecule has 1 aliphatic heterocycles. The number of aliphatic hydroxyl groups is 1. The van der Waals surface area contributed by atoms with Gasteiger partial charge in [-0.3, -0.25) is 0 Å². The molecule has 1 heterocycles. The van der Waals surface area contributed by atoms with Crippen LogP contribution in [0.15, 0.2) is 18.2 Å². The fourth-order valence-electron chi connectivity index (χ4n) is 3.02. The maximum Gasteiger partial charge on any atom is 0.133 e. The van der Waals surface area contributed by atoms with Crippen molar-refractivity contribution in [1.29, 1.82) is 0 Å². The lowest BCUT2D eigenvalue weighted by molar-refractivity contribution is -0.130. The largest absolute Gasteiger partial charge is 0.497 e. The highest BCUT2D eigenvalue weighted by Gasteiger charge is 2.58. The summed E-state index contributed by atoms with van der Waals surface area (Å²) in [6, 6.07) is 4.51. The van der Waals surface area contributed by atoms with Crippen molar-refractivity contribution in [3.8, 4) is 5.75 Å². The molecule has 4 heteroatoms. The normalized spacial score (nSPS) is 28.4. The van der Waals surface area contributed by atoms with Gasteiger partial charge in [-0.25, -0.2) is 4.39 Å². The zero-order chi connectivity index (χ0) is 14.5. The van der Waals surface area contributed by atoms with Gasteiger partial charge in [0.25, 0.3) is 0 Å². The minimum Gasteiger partial charge on any atom is -0.497 e. The van der Waals surface area contributed by atoms with Crippen LogP contribution in [-0.2, 0) is 10.3 Å². The Bertz CT molecular complexity index is 496. The van der Waals surface area contributed by atoms with Crippen LogP contribution in [0.3, 0.4) is 0 Å². The van der Waals surface area contributed by atoms with E-state index in [1.165, 1.54) is 13.2 Å². The van der Waals surface area contributed by atoms with Crippen LogP contribution >= 0.6 is 0 Å². The van der Waals surface area contributed by atoms with Crippen LogP contribution in [0.1, 0.15) is 39.7 Å². The van der Waals surface area contributed by atoms with Crippen molar-refractivity contribution in [3.05, 3.63) is 29.6 Å². The number of ether oxygens (including phenoxy) is 2. The molecule has 19 heavy (non-hydrogen) atoms. The van der Waals surface area contributed by atoms with Crippen molar-refractivity contribution in [2.24, 2.45) is 0 Å². The van der Waals surface area contributed by atoms with E-state index in [9.17, 15) is 9.50 Å². The summed E-state index contributed by atoms with van der Waals surface area (Å²) in [6.45, 7) is 7.36. The van der Waals surface area contributed by atoms with Gasteiger partial charge in [0.1, 0.15) is 17.2 Å². The van der Waals surface area contributed by atoms with Crippen LogP contribution in [0.25, 0.3) is 0 Å². The first-order valence-corrected chi connectivity index (χ1v) is 6.38. The van der Waals surface area contributed by atoms with Crippen LogP contribution in [0, 0.1) is 5.82 Å². The molecule has 1 saturated heterocycles. The Morgan fingerprint density at radius 1 is 1.26 bits per heavy atom. The van der Waals surface area contributed by atoms with Crippen molar-refractivity contribution in [2.45, 2.75) is 50.9 Å². The Hall–Kier alpha value is -1.13. The summed E-state index contributed by atoms with van der Waals surface area (Å²) in [7, 11) is 1.48. The van der Waals surface area contributed by atoms with E-state index >= 15 is 0 Å². The molecule has 0 amide bonds. The average molecular weight is 268 g/mol. The molecule has 1 fully saturated rings. The lowest BCUT2D eigenvalue weighted by Crippen LogP contribution is -2.44. The van der Waals surface area contributed by atoms with Gasteiger partial charge in [0.15, 0.2) is 0 Å². The maximum absolute atomic E-state index is 14.2. The lowest BCUT2D eigenvalue weighted by atomic mass is 9.77. The average Bonchev–Trinajstić information content (AvgIpc) is 2.42. The second kappa shape index (κ2) is 4.18. The second-order valence-corrected chi connectivity index (χ2v) is 6.25. The highest BCUT2D eigenvalue weighted by atomic mass is 19.1. The first-order valence-electron chi connectivity index (χ1n) is 6.38. The maximum atomic E-state index is 14.2. The number of halogens is 1. The van der Waals surface area contributed by atoms with E-state index in [0.29, 0.717) is 12.2 Å². The van der Waals surface area contributed by atoms with Gasteiger partial charge >= 0.3 is 0 Å². The Labute approximate surface area is 113 Å². The molecule has 0 radical (unpaired) electrons. The summed E-state index contributed by atoms with van der Waals surface area (Å²) in [6.07, 6.45) is 0.344. The number of benzene rings is 1. The predicted molar refractivity (Wildman–Crippen MR) is 70.7 cm³/mol. The standard InChI is InChI=1S/C15H21FO3/c1-13(2)9-15(17,14(3,4)19-13)11-7-6-10(18-5)8-12(11)16/h6-8,17H,9H2,1-5H3. The molecule has 1 aromatic carbocycles. The minimum atomic E-state index is -1.35. The van der Waals surface area contributed by atoms with Gasteiger partial charge < -0.3 is 14.6 Å². The molecular formula is C15H21FO3. The third kappa shape index (κ3) is 2.23. The first-order chi connectivity index (χ1) is 8.61. The Balaban J connectivity index is 2.51. The number of methoxy groups -OCH3 is 1. The van der Waals surface area contributed by atoms with E-state index < -0.39 is 22.6 Å². The molecule has 0 spiro atoms. The predicted octanol–water partition coefficient (Wildman–Crippen LogP) is 3.00. The molecule has 1 aromatic rings. The van der Waals surface area contributed by atoms with Crippen LogP contribution in [0.4, 0.5) is 4.39 Å². The van der Waals surface area contributed by atoms with Gasteiger partial charge in [-0.2, -0.15) is 0 Å². The number of hydrogen-bond acceptors (Lipinski definition) is 3. The van der Waals surface area contributed by atoms with Crippen molar-refractivity contribution in [1.82, 2.24) is 0 Å². The second-order valence-electron chi connectivity index (χ2n) is 6.25. The molecule has 0 bridgehead atoms. The molecule has 0 saturated carbocycles. The third-order valence-electron chi connectivity index (χ3n) is 3.83. The Morgan fingerprint density at radius 2 is 1.89 bits per heavy atom. The summed E-state index contributed by atoms with van der Waals surface area (Å²) in [4.78, 5) is 0. The molecule has 0 aliphatic carbocycles. The van der Waals surface area contributed by atoms with E-state index in [-0.39, 0.29) is 5.56 Å². The summed E-state index contributed by atoms with van der Waals surface area (Å²) in [5, 5.41) is 11.0. The highest BCUT2D eigenvalue weighted by Crippen LogP contribution is 2.51. The van der Waals surface area contributed by atoms with Crippen molar-refractivity contribution < 1.29 is 19.0 Å². The van der Waals surface area contributed by atoms with Gasteiger partial charge in [-0.15, -0.1) is 0 Å². The molecule has 2 rings (SSSR count). The summed E-state index contributed by atoms with van der Waals surface area (Å²) < 4.78 is 25.1. The van der Waals surface area contributed by atoms with Gasteiger partial charge in [0.05, 0.1) is 18.3 Å². The highest BCUT2D eigenvalue weighted by molar-refractivity contribution is 5.35. The van der Waals surface area contributed by atoms with E-state index in [1.807, 2.05) is 13.8 Å². The smallest absolute Gasteiger partial charge is 0.133 e. The van der Waals surface area contributed by atoms with Crippen LogP contribution in [-0.4, -0.2) is 23.4 Å². The van der Waals surface area contributed by atoms with Crippen LogP contribution in [0.5, 0.6) is 5.75 Å². The SMILES string of the molecule is COc1ccc(C2(O)CC(C)(C)OC2(C)C)c(F)c1. The van der Waals surface area contributed by atoms with Gasteiger partial charge in [-0.1, -0.05) is 0 Å². The van der Waals surface area contributed by atoms with Crippen LogP contribution < -0.4 is 4.74 Å². The van der Waals surface area contributed by atoms with E-state index in [0.717, 1.165) is 0 Å². The molecule has 1 aliphatic rings. The third-order valence-corrected chi connectivity index (χ3v) is 3.83. The van der Waals surface area contributed by atoms with Gasteiger partial charge in [0, 0.05) is 18.1 Å².